The molecule has 2 fully saturated rings. The Bertz CT molecular complexity index is 1220. The van der Waals surface area contributed by atoms with Gasteiger partial charge >= 0.3 is 0 Å². The van der Waals surface area contributed by atoms with Crippen molar-refractivity contribution in [2.75, 3.05) is 0 Å². The smallest absolute Gasteiger partial charge is 0.289 e. The number of nitrogens with zero attached hydrogens (tertiary/aromatic N) is 1. The Hall–Kier alpha value is -3.45. The summed E-state index contributed by atoms with van der Waals surface area (Å²) in [5.74, 6) is -0.421. The van der Waals surface area contributed by atoms with Gasteiger partial charge in [-0.2, -0.15) is 0 Å². The molecule has 1 aliphatic carbocycles. The fourth-order valence-electron chi connectivity index (χ4n) is 4.74. The maximum Gasteiger partial charge on any atom is 0.289 e. The zero-order valence-electron chi connectivity index (χ0n) is 19.3. The van der Waals surface area contributed by atoms with Crippen LogP contribution in [-0.4, -0.2) is 28.9 Å². The fraction of sp³-hybridized carbons (Fsp3) is 0.286. The van der Waals surface area contributed by atoms with Crippen molar-refractivity contribution < 1.29 is 18.7 Å². The van der Waals surface area contributed by atoms with Gasteiger partial charge in [-0.3, -0.25) is 9.59 Å². The largest absolute Gasteiger partial charge is 0.482 e. The van der Waals surface area contributed by atoms with Crippen LogP contribution in [0.3, 0.4) is 0 Å². The van der Waals surface area contributed by atoms with Crippen LogP contribution >= 0.6 is 11.3 Å². The first-order valence-corrected chi connectivity index (χ1v) is 12.8. The zero-order chi connectivity index (χ0) is 24.2. The van der Waals surface area contributed by atoms with Crippen LogP contribution in [0.2, 0.25) is 0 Å². The molecular formula is C28H27FN2O3S. The van der Waals surface area contributed by atoms with Gasteiger partial charge in [-0.15, -0.1) is 11.3 Å². The van der Waals surface area contributed by atoms with Crippen molar-refractivity contribution in [1.29, 1.82) is 0 Å². The van der Waals surface area contributed by atoms with Gasteiger partial charge in [-0.1, -0.05) is 42.8 Å². The molecule has 1 N–H and O–H groups in total. The Kier molecular flexibility index (Phi) is 6.95. The number of amides is 2. The molecule has 1 saturated heterocycles. The molecule has 1 aliphatic heterocycles. The highest BCUT2D eigenvalue weighted by Crippen LogP contribution is 2.34. The summed E-state index contributed by atoms with van der Waals surface area (Å²) in [6.07, 6.45) is 5.42. The van der Waals surface area contributed by atoms with Gasteiger partial charge in [0.25, 0.3) is 11.8 Å². The highest BCUT2D eigenvalue weighted by molar-refractivity contribution is 7.09. The summed E-state index contributed by atoms with van der Waals surface area (Å²) in [4.78, 5) is 28.7. The average Bonchev–Trinajstić information content (AvgIpc) is 3.40. The van der Waals surface area contributed by atoms with Crippen LogP contribution in [0.4, 0.5) is 4.39 Å². The van der Waals surface area contributed by atoms with E-state index in [1.54, 1.807) is 64.8 Å². The Morgan fingerprint density at radius 3 is 2.66 bits per heavy atom. The van der Waals surface area contributed by atoms with E-state index in [0.29, 0.717) is 17.7 Å². The van der Waals surface area contributed by atoms with Gasteiger partial charge in [-0.25, -0.2) is 4.39 Å². The number of halogens is 1. The second-order valence-electron chi connectivity index (χ2n) is 8.93. The van der Waals surface area contributed by atoms with Crippen molar-refractivity contribution in [2.24, 2.45) is 0 Å². The Morgan fingerprint density at radius 1 is 1.09 bits per heavy atom. The second-order valence-corrected chi connectivity index (χ2v) is 9.96. The van der Waals surface area contributed by atoms with Crippen LogP contribution in [0.15, 0.2) is 71.8 Å². The Morgan fingerprint density at radius 2 is 1.89 bits per heavy atom. The average molecular weight is 491 g/mol. The molecule has 2 amide bonds. The van der Waals surface area contributed by atoms with E-state index in [4.69, 9.17) is 4.74 Å². The van der Waals surface area contributed by atoms with Crippen molar-refractivity contribution in [3.05, 3.63) is 99.2 Å². The third kappa shape index (κ3) is 5.30. The van der Waals surface area contributed by atoms with E-state index < -0.39 is 0 Å². The number of rotatable bonds is 6. The molecule has 2 aliphatic rings. The zero-order valence-corrected chi connectivity index (χ0v) is 20.1. The van der Waals surface area contributed by atoms with Crippen molar-refractivity contribution in [3.8, 4) is 0 Å². The number of nitrogens with one attached hydrogen (secondary N) is 1. The monoisotopic (exact) mass is 490 g/mol. The van der Waals surface area contributed by atoms with Crippen LogP contribution in [0, 0.1) is 5.82 Å². The minimum Gasteiger partial charge on any atom is -0.482 e. The Balaban J connectivity index is 1.33. The maximum absolute atomic E-state index is 14.4. The molecule has 5 rings (SSSR count). The number of carbonyl (C=O) groups is 2. The van der Waals surface area contributed by atoms with E-state index >= 15 is 0 Å². The van der Waals surface area contributed by atoms with Crippen molar-refractivity contribution in [2.45, 2.75) is 50.9 Å². The second kappa shape index (κ2) is 10.4. The molecule has 0 bridgehead atoms. The lowest BCUT2D eigenvalue weighted by Crippen LogP contribution is -2.54. The SMILES string of the molecule is O=C(NCc1cccs1)c1ccc(/C=C2\OC3CCCCC3N(Cc3ccccc3F)C2=O)cc1. The summed E-state index contributed by atoms with van der Waals surface area (Å²) in [5, 5.41) is 4.89. The lowest BCUT2D eigenvalue weighted by atomic mass is 9.89. The highest BCUT2D eigenvalue weighted by atomic mass is 32.1. The summed E-state index contributed by atoms with van der Waals surface area (Å²) in [6, 6.07) is 17.6. The van der Waals surface area contributed by atoms with Gasteiger partial charge in [0.1, 0.15) is 11.9 Å². The molecule has 35 heavy (non-hydrogen) atoms. The normalized spacial score (nSPS) is 20.9. The number of fused-ring (bicyclic) bond motifs is 1. The van der Waals surface area contributed by atoms with Gasteiger partial charge in [0.2, 0.25) is 0 Å². The molecule has 2 aromatic carbocycles. The molecule has 2 atom stereocenters. The molecule has 0 spiro atoms. The summed E-state index contributed by atoms with van der Waals surface area (Å²) in [7, 11) is 0. The topological polar surface area (TPSA) is 58.6 Å². The van der Waals surface area contributed by atoms with Crippen LogP contribution < -0.4 is 5.32 Å². The highest BCUT2D eigenvalue weighted by Gasteiger charge is 2.41. The number of carbonyl (C=O) groups excluding carboxylic acids is 2. The lowest BCUT2D eigenvalue weighted by molar-refractivity contribution is -0.149. The summed E-state index contributed by atoms with van der Waals surface area (Å²) in [6.45, 7) is 0.710. The molecule has 180 valence electrons. The number of benzene rings is 2. The van der Waals surface area contributed by atoms with Gasteiger partial charge in [0.05, 0.1) is 12.6 Å². The van der Waals surface area contributed by atoms with Crippen molar-refractivity contribution >= 4 is 29.2 Å². The van der Waals surface area contributed by atoms with Gasteiger partial charge in [-0.05, 0) is 60.5 Å². The van der Waals surface area contributed by atoms with E-state index in [9.17, 15) is 14.0 Å². The van der Waals surface area contributed by atoms with Crippen LogP contribution in [0.25, 0.3) is 6.08 Å². The number of ether oxygens (including phenoxy) is 1. The summed E-state index contributed by atoms with van der Waals surface area (Å²) < 4.78 is 20.5. The minimum absolute atomic E-state index is 0.0533. The molecule has 5 nitrogen and oxygen atoms in total. The third-order valence-corrected chi connectivity index (χ3v) is 7.47. The molecule has 2 unspecified atom stereocenters. The molecule has 2 heterocycles. The summed E-state index contributed by atoms with van der Waals surface area (Å²) >= 11 is 1.60. The van der Waals surface area contributed by atoms with E-state index in [1.807, 2.05) is 17.5 Å². The van der Waals surface area contributed by atoms with E-state index in [0.717, 1.165) is 36.1 Å². The minimum atomic E-state index is -0.308. The third-order valence-electron chi connectivity index (χ3n) is 6.59. The van der Waals surface area contributed by atoms with E-state index in [-0.39, 0.29) is 42.1 Å². The van der Waals surface area contributed by atoms with E-state index in [1.165, 1.54) is 6.07 Å². The Labute approximate surface area is 208 Å². The van der Waals surface area contributed by atoms with Crippen LogP contribution in [0.1, 0.15) is 52.0 Å². The fourth-order valence-corrected chi connectivity index (χ4v) is 5.38. The molecule has 0 radical (unpaired) electrons. The number of morpholine rings is 1. The van der Waals surface area contributed by atoms with Gasteiger partial charge < -0.3 is 15.0 Å². The maximum atomic E-state index is 14.4. The first-order valence-electron chi connectivity index (χ1n) is 11.9. The first kappa shape index (κ1) is 23.3. The molecule has 3 aromatic rings. The standard InChI is InChI=1S/C28H27FN2O3S/c29-23-8-2-1-6-21(23)18-31-24-9-3-4-10-25(24)34-26(28(31)33)16-19-11-13-20(14-12-19)27(32)30-17-22-7-5-15-35-22/h1-2,5-8,11-16,24-25H,3-4,9-10,17-18H2,(H,30,32)/b26-16-. The molecule has 1 aromatic heterocycles. The summed E-state index contributed by atoms with van der Waals surface area (Å²) in [5.41, 5.74) is 1.82. The predicted molar refractivity (Wildman–Crippen MR) is 134 cm³/mol. The van der Waals surface area contributed by atoms with Crippen LogP contribution in [0.5, 0.6) is 0 Å². The van der Waals surface area contributed by atoms with Crippen molar-refractivity contribution in [1.82, 2.24) is 10.2 Å². The first-order chi connectivity index (χ1) is 17.1. The number of hydrogen-bond acceptors (Lipinski definition) is 4. The molecular weight excluding hydrogens is 463 g/mol. The van der Waals surface area contributed by atoms with Gasteiger partial charge in [0.15, 0.2) is 5.76 Å². The van der Waals surface area contributed by atoms with E-state index in [2.05, 4.69) is 5.32 Å². The number of hydrogen-bond donors (Lipinski definition) is 1. The lowest BCUT2D eigenvalue weighted by Gasteiger charge is -2.44. The quantitative estimate of drug-likeness (QED) is 0.463. The molecule has 7 heteroatoms. The number of thiophene rings is 1. The molecule has 1 saturated carbocycles. The van der Waals surface area contributed by atoms with Crippen LogP contribution in [-0.2, 0) is 22.6 Å². The predicted octanol–water partition coefficient (Wildman–Crippen LogP) is 5.53. The van der Waals surface area contributed by atoms with Gasteiger partial charge in [0, 0.05) is 22.5 Å². The van der Waals surface area contributed by atoms with Crippen molar-refractivity contribution in [3.63, 3.8) is 0 Å².